The molecule has 14 heavy (non-hydrogen) atoms. The highest BCUT2D eigenvalue weighted by molar-refractivity contribution is 4.91. The van der Waals surface area contributed by atoms with Crippen molar-refractivity contribution in [3.05, 3.63) is 0 Å². The summed E-state index contributed by atoms with van der Waals surface area (Å²) < 4.78 is 0. The van der Waals surface area contributed by atoms with Gasteiger partial charge in [-0.15, -0.1) is 0 Å². The smallest absolute Gasteiger partial charge is 0.0908 e. The topological polar surface area (TPSA) is 40.5 Å². The number of aliphatic hydroxyl groups is 2. The Hall–Kier alpha value is -0.0800. The van der Waals surface area contributed by atoms with E-state index in [4.69, 9.17) is 0 Å². The molecule has 0 bridgehead atoms. The van der Waals surface area contributed by atoms with Gasteiger partial charge < -0.3 is 10.2 Å². The lowest BCUT2D eigenvalue weighted by atomic mass is 9.75. The predicted octanol–water partition coefficient (Wildman–Crippen LogP) is 2.48. The zero-order valence-corrected chi connectivity index (χ0v) is 9.50. The van der Waals surface area contributed by atoms with Crippen molar-refractivity contribution in [2.45, 2.75) is 70.5 Å². The fourth-order valence-electron chi connectivity index (χ4n) is 2.63. The third-order valence-corrected chi connectivity index (χ3v) is 3.77. The van der Waals surface area contributed by atoms with E-state index >= 15 is 0 Å². The van der Waals surface area contributed by atoms with Crippen LogP contribution in [0.15, 0.2) is 0 Å². The highest BCUT2D eigenvalue weighted by atomic mass is 16.3. The van der Waals surface area contributed by atoms with Gasteiger partial charge in [-0.05, 0) is 18.8 Å². The fraction of sp³-hybridized carbons (Fsp3) is 1.00. The molecule has 1 aliphatic carbocycles. The van der Waals surface area contributed by atoms with Gasteiger partial charge in [-0.25, -0.2) is 0 Å². The fourth-order valence-corrected chi connectivity index (χ4v) is 2.63. The summed E-state index contributed by atoms with van der Waals surface area (Å²) >= 11 is 0. The molecule has 2 N–H and O–H groups in total. The highest BCUT2D eigenvalue weighted by Crippen LogP contribution is 2.35. The van der Waals surface area contributed by atoms with Crippen LogP contribution in [0.1, 0.15) is 58.8 Å². The van der Waals surface area contributed by atoms with Crippen LogP contribution in [0.25, 0.3) is 0 Å². The maximum Gasteiger partial charge on any atom is 0.0908 e. The Kier molecular flexibility index (Phi) is 4.39. The molecule has 2 heteroatoms. The number of hydrogen-bond acceptors (Lipinski definition) is 2. The van der Waals surface area contributed by atoms with Crippen LogP contribution in [-0.2, 0) is 0 Å². The van der Waals surface area contributed by atoms with Crippen molar-refractivity contribution in [2.24, 2.45) is 5.92 Å². The summed E-state index contributed by atoms with van der Waals surface area (Å²) in [5.74, 6) is 0.262. The Morgan fingerprint density at radius 2 is 1.57 bits per heavy atom. The first-order valence-corrected chi connectivity index (χ1v) is 6.04. The maximum absolute atomic E-state index is 10.3. The molecule has 0 aromatic heterocycles. The molecule has 1 aliphatic rings. The molecule has 0 radical (unpaired) electrons. The first kappa shape index (κ1) is 12.0. The van der Waals surface area contributed by atoms with Gasteiger partial charge in [-0.3, -0.25) is 0 Å². The molecule has 1 atom stereocenters. The Morgan fingerprint density at radius 3 is 2.00 bits per heavy atom. The van der Waals surface area contributed by atoms with Crippen LogP contribution in [0.2, 0.25) is 0 Å². The second-order valence-electron chi connectivity index (χ2n) is 4.69. The van der Waals surface area contributed by atoms with Crippen LogP contribution < -0.4 is 0 Å². The van der Waals surface area contributed by atoms with Crippen LogP contribution >= 0.6 is 0 Å². The quantitative estimate of drug-likeness (QED) is 0.732. The molecular formula is C12H24O2. The molecule has 0 aliphatic heterocycles. The molecule has 0 amide bonds. The Balaban J connectivity index is 2.59. The third-order valence-electron chi connectivity index (χ3n) is 3.77. The van der Waals surface area contributed by atoms with Gasteiger partial charge in [0, 0.05) is 0 Å². The van der Waals surface area contributed by atoms with E-state index in [0.717, 1.165) is 38.5 Å². The first-order chi connectivity index (χ1) is 6.64. The van der Waals surface area contributed by atoms with Crippen LogP contribution in [0.4, 0.5) is 0 Å². The molecule has 1 fully saturated rings. The normalized spacial score (nSPS) is 23.8. The standard InChI is InChI=1S/C12H24O2/c1-3-10(4-2)11(13)12(14)8-6-5-7-9-12/h10-11,13-14H,3-9H2,1-2H3. The Labute approximate surface area is 87.3 Å². The zero-order chi connectivity index (χ0) is 10.6. The van der Waals surface area contributed by atoms with Gasteiger partial charge in [0.15, 0.2) is 0 Å². The van der Waals surface area contributed by atoms with Gasteiger partial charge in [0.2, 0.25) is 0 Å². The minimum absolute atomic E-state index is 0.262. The molecule has 1 unspecified atom stereocenters. The van der Waals surface area contributed by atoms with Crippen LogP contribution in [0, 0.1) is 5.92 Å². The van der Waals surface area contributed by atoms with Crippen molar-refractivity contribution in [3.8, 4) is 0 Å². The molecule has 0 saturated heterocycles. The van der Waals surface area contributed by atoms with Crippen molar-refractivity contribution < 1.29 is 10.2 Å². The van der Waals surface area contributed by atoms with Gasteiger partial charge in [-0.2, -0.15) is 0 Å². The summed E-state index contributed by atoms with van der Waals surface area (Å²) in [6.45, 7) is 4.17. The molecule has 2 nitrogen and oxygen atoms in total. The molecule has 1 saturated carbocycles. The SMILES string of the molecule is CCC(CC)C(O)C1(O)CCCCC1. The van der Waals surface area contributed by atoms with E-state index < -0.39 is 11.7 Å². The monoisotopic (exact) mass is 200 g/mol. The predicted molar refractivity (Wildman–Crippen MR) is 58.1 cm³/mol. The minimum Gasteiger partial charge on any atom is -0.390 e. The van der Waals surface area contributed by atoms with Gasteiger partial charge in [0.05, 0.1) is 11.7 Å². The minimum atomic E-state index is -0.783. The zero-order valence-electron chi connectivity index (χ0n) is 9.50. The van der Waals surface area contributed by atoms with E-state index in [9.17, 15) is 10.2 Å². The molecule has 0 heterocycles. The van der Waals surface area contributed by atoms with E-state index in [2.05, 4.69) is 13.8 Å². The Bertz CT molecular complexity index is 158. The maximum atomic E-state index is 10.3. The average molecular weight is 200 g/mol. The van der Waals surface area contributed by atoms with Crippen LogP contribution in [0.5, 0.6) is 0 Å². The van der Waals surface area contributed by atoms with E-state index in [1.165, 1.54) is 6.42 Å². The summed E-state index contributed by atoms with van der Waals surface area (Å²) in [6, 6.07) is 0. The molecule has 0 aromatic carbocycles. The van der Waals surface area contributed by atoms with E-state index in [1.807, 2.05) is 0 Å². The van der Waals surface area contributed by atoms with Gasteiger partial charge in [-0.1, -0.05) is 46.0 Å². The summed E-state index contributed by atoms with van der Waals surface area (Å²) in [6.07, 6.45) is 6.30. The summed E-state index contributed by atoms with van der Waals surface area (Å²) in [4.78, 5) is 0. The Morgan fingerprint density at radius 1 is 1.07 bits per heavy atom. The third kappa shape index (κ3) is 2.48. The van der Waals surface area contributed by atoms with Gasteiger partial charge in [0.25, 0.3) is 0 Å². The lowest BCUT2D eigenvalue weighted by Crippen LogP contribution is -2.47. The van der Waals surface area contributed by atoms with Crippen molar-refractivity contribution in [2.75, 3.05) is 0 Å². The lowest BCUT2D eigenvalue weighted by Gasteiger charge is -2.39. The first-order valence-electron chi connectivity index (χ1n) is 6.04. The van der Waals surface area contributed by atoms with Gasteiger partial charge >= 0.3 is 0 Å². The number of aliphatic hydroxyl groups excluding tert-OH is 1. The van der Waals surface area contributed by atoms with Crippen molar-refractivity contribution in [1.29, 1.82) is 0 Å². The van der Waals surface area contributed by atoms with E-state index in [1.54, 1.807) is 0 Å². The molecule has 0 spiro atoms. The second-order valence-corrected chi connectivity index (χ2v) is 4.69. The summed E-state index contributed by atoms with van der Waals surface area (Å²) in [7, 11) is 0. The molecule has 0 aromatic rings. The summed E-state index contributed by atoms with van der Waals surface area (Å²) in [5.41, 5.74) is -0.783. The van der Waals surface area contributed by atoms with Gasteiger partial charge in [0.1, 0.15) is 0 Å². The molecule has 1 rings (SSSR count). The molecule has 84 valence electrons. The number of rotatable bonds is 4. The summed E-state index contributed by atoms with van der Waals surface area (Å²) in [5, 5.41) is 20.5. The van der Waals surface area contributed by atoms with Crippen LogP contribution in [0.3, 0.4) is 0 Å². The largest absolute Gasteiger partial charge is 0.390 e. The second kappa shape index (κ2) is 5.13. The van der Waals surface area contributed by atoms with Crippen LogP contribution in [-0.4, -0.2) is 21.9 Å². The van der Waals surface area contributed by atoms with Crippen molar-refractivity contribution in [3.63, 3.8) is 0 Å². The van der Waals surface area contributed by atoms with Crippen molar-refractivity contribution >= 4 is 0 Å². The lowest BCUT2D eigenvalue weighted by molar-refractivity contribution is -0.121. The van der Waals surface area contributed by atoms with E-state index in [0.29, 0.717) is 0 Å². The number of hydrogen-bond donors (Lipinski definition) is 2. The highest BCUT2D eigenvalue weighted by Gasteiger charge is 2.39. The molecular weight excluding hydrogens is 176 g/mol. The average Bonchev–Trinajstić information content (AvgIpc) is 2.20. The van der Waals surface area contributed by atoms with Crippen molar-refractivity contribution in [1.82, 2.24) is 0 Å². The van der Waals surface area contributed by atoms with E-state index in [-0.39, 0.29) is 5.92 Å².